The fourth-order valence-electron chi connectivity index (χ4n) is 5.16. The summed E-state index contributed by atoms with van der Waals surface area (Å²) in [4.78, 5) is 59.7. The highest BCUT2D eigenvalue weighted by Gasteiger charge is 2.32. The number of rotatable bonds is 10. The van der Waals surface area contributed by atoms with Gasteiger partial charge < -0.3 is 25.9 Å². The molecule has 2 heterocycles. The van der Waals surface area contributed by atoms with Crippen LogP contribution in [0.2, 0.25) is 0 Å². The van der Waals surface area contributed by atoms with Crippen LogP contribution in [0, 0.1) is 5.41 Å². The molecule has 20 heteroatoms. The molecule has 4 amide bonds. The smallest absolute Gasteiger partial charge is 0.336 e. The molecule has 0 atom stereocenters. The van der Waals surface area contributed by atoms with Crippen molar-refractivity contribution >= 4 is 66.5 Å². The summed E-state index contributed by atoms with van der Waals surface area (Å²) in [6.07, 6.45) is 2.16. The van der Waals surface area contributed by atoms with Crippen molar-refractivity contribution in [3.8, 4) is 22.5 Å². The average Bonchev–Trinajstić information content (AvgIpc) is 3.33. The Morgan fingerprint density at radius 1 is 0.878 bits per heavy atom. The van der Waals surface area contributed by atoms with E-state index < -0.39 is 94.1 Å². The minimum atomic E-state index is -5.22. The molecular formula is C29H23N5O13S2. The van der Waals surface area contributed by atoms with E-state index in [0.717, 1.165) is 53.5 Å². The second-order valence-electron chi connectivity index (χ2n) is 10.4. The fraction of sp³-hybridized carbons (Fsp3) is 0.103. The molecule has 3 aliphatic rings. The van der Waals surface area contributed by atoms with Gasteiger partial charge in [-0.3, -0.25) is 38.6 Å². The van der Waals surface area contributed by atoms with E-state index in [-0.39, 0.29) is 40.7 Å². The number of hydrogen-bond donors (Lipinski definition) is 7. The zero-order valence-electron chi connectivity index (χ0n) is 24.6. The molecule has 0 unspecified atom stereocenters. The predicted octanol–water partition coefficient (Wildman–Crippen LogP) is 0.229. The standard InChI is InChI=1S/C29H23N5O13S2/c30-18-5-3-15-23(16-4-6-19(31)27(49(44,45)46)25(16)47-24(15)26(18)48(41,42)43)14-2-1-13(11-17(14)29(39)40)28(38)33-12-20(35)32-9-10-34-21(36)7-8-22(34)37/h1-8,11,30H,9-10,12,31H2,(H,32,35)(H,33,38)(H,39,40)(H,41,42,43)(H,44,45,46). The molecule has 0 saturated carbocycles. The van der Waals surface area contributed by atoms with Gasteiger partial charge in [-0.25, -0.2) is 4.79 Å². The van der Waals surface area contributed by atoms with Crippen LogP contribution >= 0.6 is 0 Å². The number of aromatic carboxylic acids is 1. The topological polar surface area (TPSA) is 305 Å². The Bertz CT molecular complexity index is 2400. The summed E-state index contributed by atoms with van der Waals surface area (Å²) in [6.45, 7) is -0.799. The molecule has 5 rings (SSSR count). The normalized spacial score (nSPS) is 13.3. The number of anilines is 1. The van der Waals surface area contributed by atoms with Crippen LogP contribution in [-0.4, -0.2) is 85.2 Å². The van der Waals surface area contributed by atoms with Crippen LogP contribution in [-0.2, 0) is 34.6 Å². The van der Waals surface area contributed by atoms with Crippen LogP contribution in [0.5, 0.6) is 0 Å². The molecule has 8 N–H and O–H groups in total. The zero-order chi connectivity index (χ0) is 36.0. The molecule has 2 aromatic rings. The van der Waals surface area contributed by atoms with Gasteiger partial charge >= 0.3 is 5.97 Å². The number of benzene rings is 3. The van der Waals surface area contributed by atoms with Crippen LogP contribution in [0.15, 0.2) is 68.8 Å². The van der Waals surface area contributed by atoms with Gasteiger partial charge in [-0.1, -0.05) is 6.07 Å². The Morgan fingerprint density at radius 2 is 1.51 bits per heavy atom. The highest BCUT2D eigenvalue weighted by Crippen LogP contribution is 2.45. The van der Waals surface area contributed by atoms with Crippen LogP contribution in [0.1, 0.15) is 20.7 Å². The van der Waals surface area contributed by atoms with Crippen molar-refractivity contribution in [2.45, 2.75) is 9.79 Å². The number of carboxylic acid groups (broad SMARTS) is 1. The largest absolute Gasteiger partial charge is 0.478 e. The summed E-state index contributed by atoms with van der Waals surface area (Å²) in [5, 5.41) is 22.0. The fourth-order valence-corrected chi connectivity index (χ4v) is 6.64. The number of nitrogens with zero attached hydrogens (tertiary/aromatic N) is 1. The van der Waals surface area contributed by atoms with Crippen molar-refractivity contribution in [1.29, 1.82) is 5.41 Å². The Balaban J connectivity index is 1.56. The van der Waals surface area contributed by atoms with Crippen molar-refractivity contribution in [2.24, 2.45) is 0 Å². The first-order valence-corrected chi connectivity index (χ1v) is 16.6. The van der Waals surface area contributed by atoms with E-state index in [1.165, 1.54) is 6.07 Å². The summed E-state index contributed by atoms with van der Waals surface area (Å²) in [5.41, 5.74) is 3.07. The van der Waals surface area contributed by atoms with E-state index in [4.69, 9.17) is 15.6 Å². The molecule has 0 radical (unpaired) electrons. The number of fused-ring (bicyclic) bond motifs is 2. The van der Waals surface area contributed by atoms with Crippen LogP contribution in [0.25, 0.3) is 33.4 Å². The lowest BCUT2D eigenvalue weighted by molar-refractivity contribution is -0.137. The number of nitrogen functional groups attached to an aromatic ring is 1. The molecule has 0 bridgehead atoms. The van der Waals surface area contributed by atoms with Gasteiger partial charge in [0, 0.05) is 47.3 Å². The van der Waals surface area contributed by atoms with Crippen molar-refractivity contribution in [3.63, 3.8) is 0 Å². The van der Waals surface area contributed by atoms with Crippen LogP contribution < -0.4 is 21.7 Å². The van der Waals surface area contributed by atoms with Crippen LogP contribution in [0.3, 0.4) is 0 Å². The third-order valence-corrected chi connectivity index (χ3v) is 9.12. The number of carbonyl (C=O) groups is 5. The quantitative estimate of drug-likeness (QED) is 0.0501. The third-order valence-electron chi connectivity index (χ3n) is 7.26. The Kier molecular flexibility index (Phi) is 8.82. The highest BCUT2D eigenvalue weighted by atomic mass is 32.2. The van der Waals surface area contributed by atoms with Gasteiger partial charge in [-0.15, -0.1) is 0 Å². The second kappa shape index (κ2) is 12.6. The SMILES string of the molecule is N=c1ccc2c(-c3ccc(C(=O)NCC(=O)NCCN4C(=O)C=CC4=O)cc3C(=O)O)c3ccc(N)c(S(=O)(=O)O)c3oc-2c1S(=O)(=O)O. The maximum absolute atomic E-state index is 12.9. The lowest BCUT2D eigenvalue weighted by Crippen LogP contribution is -2.42. The van der Waals surface area contributed by atoms with Crippen LogP contribution in [0.4, 0.5) is 5.69 Å². The van der Waals surface area contributed by atoms with Gasteiger partial charge in [-0.05, 0) is 42.0 Å². The number of amides is 4. The minimum Gasteiger partial charge on any atom is -0.478 e. The Labute approximate surface area is 275 Å². The molecule has 0 spiro atoms. The highest BCUT2D eigenvalue weighted by molar-refractivity contribution is 7.86. The molecule has 1 aliphatic carbocycles. The number of hydrogen-bond acceptors (Lipinski definition) is 12. The molecule has 0 saturated heterocycles. The second-order valence-corrected chi connectivity index (χ2v) is 13.1. The lowest BCUT2D eigenvalue weighted by atomic mass is 9.89. The van der Waals surface area contributed by atoms with Crippen molar-refractivity contribution in [1.82, 2.24) is 15.5 Å². The minimum absolute atomic E-state index is 0.108. The van der Waals surface area contributed by atoms with Gasteiger partial charge in [0.2, 0.25) is 5.91 Å². The monoisotopic (exact) mass is 713 g/mol. The molecule has 0 aromatic heterocycles. The molecule has 18 nitrogen and oxygen atoms in total. The van der Waals surface area contributed by atoms with Gasteiger partial charge in [-0.2, -0.15) is 16.8 Å². The molecule has 2 aliphatic heterocycles. The van der Waals surface area contributed by atoms with Crippen molar-refractivity contribution in [3.05, 3.63) is 71.1 Å². The van der Waals surface area contributed by atoms with E-state index >= 15 is 0 Å². The first kappa shape index (κ1) is 34.4. The van der Waals surface area contributed by atoms with E-state index in [2.05, 4.69) is 10.6 Å². The maximum Gasteiger partial charge on any atom is 0.336 e. The molecule has 2 aromatic carbocycles. The van der Waals surface area contributed by atoms with Gasteiger partial charge in [0.05, 0.1) is 23.2 Å². The Hall–Kier alpha value is -5.96. The first-order valence-electron chi connectivity index (χ1n) is 13.7. The lowest BCUT2D eigenvalue weighted by Gasteiger charge is -2.20. The summed E-state index contributed by atoms with van der Waals surface area (Å²) in [6, 6.07) is 7.59. The summed E-state index contributed by atoms with van der Waals surface area (Å²) >= 11 is 0. The summed E-state index contributed by atoms with van der Waals surface area (Å²) < 4.78 is 74.9. The third kappa shape index (κ3) is 6.60. The number of nitrogens with one attached hydrogen (secondary N) is 3. The molecular weight excluding hydrogens is 690 g/mol. The van der Waals surface area contributed by atoms with Gasteiger partial charge in [0.25, 0.3) is 38.0 Å². The number of imide groups is 1. The average molecular weight is 714 g/mol. The van der Waals surface area contributed by atoms with E-state index in [0.29, 0.717) is 0 Å². The van der Waals surface area contributed by atoms with Gasteiger partial charge in [0.1, 0.15) is 0 Å². The first-order chi connectivity index (χ1) is 22.9. The van der Waals surface area contributed by atoms with Crippen molar-refractivity contribution < 1.29 is 59.4 Å². The number of carboxylic acids is 1. The number of carbonyl (C=O) groups excluding carboxylic acids is 4. The Morgan fingerprint density at radius 3 is 2.12 bits per heavy atom. The van der Waals surface area contributed by atoms with E-state index in [1.807, 2.05) is 0 Å². The van der Waals surface area contributed by atoms with Gasteiger partial charge in [0.15, 0.2) is 21.1 Å². The van der Waals surface area contributed by atoms with Crippen molar-refractivity contribution in [2.75, 3.05) is 25.4 Å². The summed E-state index contributed by atoms with van der Waals surface area (Å²) in [7, 11) is -10.4. The summed E-state index contributed by atoms with van der Waals surface area (Å²) in [5.74, 6) is -5.06. The van der Waals surface area contributed by atoms with E-state index in [9.17, 15) is 55.0 Å². The molecule has 49 heavy (non-hydrogen) atoms. The number of nitrogens with two attached hydrogens (primary N) is 1. The van der Waals surface area contributed by atoms with E-state index in [1.54, 1.807) is 0 Å². The molecule has 254 valence electrons. The molecule has 0 fully saturated rings. The predicted molar refractivity (Wildman–Crippen MR) is 166 cm³/mol. The zero-order valence-corrected chi connectivity index (χ0v) is 26.2. The maximum atomic E-state index is 12.9.